The zero-order valence-corrected chi connectivity index (χ0v) is 14.8. The maximum atomic E-state index is 2.71. The highest BCUT2D eigenvalue weighted by Crippen LogP contribution is 2.68. The summed E-state index contributed by atoms with van der Waals surface area (Å²) in [6.45, 7) is 10.5. The van der Waals surface area contributed by atoms with E-state index < -0.39 is 0 Å². The minimum atomic E-state index is 0.693. The van der Waals surface area contributed by atoms with Crippen LogP contribution in [-0.2, 0) is 0 Å². The molecule has 0 aromatic rings. The Morgan fingerprint density at radius 2 is 1.48 bits per heavy atom. The molecule has 0 bridgehead atoms. The van der Waals surface area contributed by atoms with Gasteiger partial charge in [0.1, 0.15) is 0 Å². The topological polar surface area (TPSA) is 0 Å². The monoisotopic (exact) mass is 288 g/mol. The van der Waals surface area contributed by atoms with Gasteiger partial charge in [0.05, 0.1) is 0 Å². The van der Waals surface area contributed by atoms with Gasteiger partial charge in [0, 0.05) is 0 Å². The van der Waals surface area contributed by atoms with Gasteiger partial charge in [-0.3, -0.25) is 0 Å². The summed E-state index contributed by atoms with van der Waals surface area (Å²) in [7, 11) is 0. The second-order valence-corrected chi connectivity index (χ2v) is 9.97. The molecule has 4 aliphatic rings. The average Bonchev–Trinajstić information content (AvgIpc) is 2.75. The highest BCUT2D eigenvalue weighted by molar-refractivity contribution is 5.09. The fourth-order valence-electron chi connectivity index (χ4n) is 8.07. The van der Waals surface area contributed by atoms with E-state index in [0.29, 0.717) is 10.8 Å². The lowest BCUT2D eigenvalue weighted by Crippen LogP contribution is -2.54. The molecule has 0 unspecified atom stereocenters. The van der Waals surface area contributed by atoms with E-state index in [9.17, 15) is 0 Å². The van der Waals surface area contributed by atoms with Gasteiger partial charge < -0.3 is 0 Å². The van der Waals surface area contributed by atoms with E-state index in [2.05, 4.69) is 27.7 Å². The standard InChI is InChI=1S/C21H36/c1-14-13-16-18-9-8-15(2)20(18,3)12-10-19(16)21(4)11-6-5-7-17(14)21/h14-19H,5-13H2,1-4H3/t14-,15-,16+,17-,18+,19+,20-,21+/m1/s1. The molecule has 120 valence electrons. The van der Waals surface area contributed by atoms with Gasteiger partial charge in [0.25, 0.3) is 0 Å². The van der Waals surface area contributed by atoms with Gasteiger partial charge in [-0.25, -0.2) is 0 Å². The minimum absolute atomic E-state index is 0.693. The van der Waals surface area contributed by atoms with Crippen LogP contribution in [0.15, 0.2) is 0 Å². The van der Waals surface area contributed by atoms with Crippen molar-refractivity contribution >= 4 is 0 Å². The molecule has 0 aromatic carbocycles. The van der Waals surface area contributed by atoms with Gasteiger partial charge in [0.2, 0.25) is 0 Å². The molecule has 8 atom stereocenters. The van der Waals surface area contributed by atoms with Gasteiger partial charge in [0.15, 0.2) is 0 Å². The van der Waals surface area contributed by atoms with Crippen molar-refractivity contribution in [3.8, 4) is 0 Å². The van der Waals surface area contributed by atoms with Crippen LogP contribution in [0.25, 0.3) is 0 Å². The SMILES string of the molecule is C[C@@H]1C[C@@H]2[C@H](CC[C@]3(C)[C@H](C)CC[C@@H]23)[C@@]2(C)CCCC[C@H]12. The summed E-state index contributed by atoms with van der Waals surface area (Å²) in [6.07, 6.45) is 13.8. The van der Waals surface area contributed by atoms with Crippen molar-refractivity contribution in [3.63, 3.8) is 0 Å². The van der Waals surface area contributed by atoms with E-state index in [-0.39, 0.29) is 0 Å². The second-order valence-electron chi connectivity index (χ2n) is 9.97. The highest BCUT2D eigenvalue weighted by Gasteiger charge is 2.60. The van der Waals surface area contributed by atoms with Crippen molar-refractivity contribution in [2.75, 3.05) is 0 Å². The Balaban J connectivity index is 1.68. The lowest BCUT2D eigenvalue weighted by atomic mass is 9.43. The van der Waals surface area contributed by atoms with Crippen LogP contribution in [0.4, 0.5) is 0 Å². The summed E-state index contributed by atoms with van der Waals surface area (Å²) in [5, 5.41) is 0. The molecule has 4 fully saturated rings. The van der Waals surface area contributed by atoms with Crippen molar-refractivity contribution in [1.82, 2.24) is 0 Å². The van der Waals surface area contributed by atoms with Crippen molar-refractivity contribution in [3.05, 3.63) is 0 Å². The molecule has 4 rings (SSSR count). The molecule has 0 aliphatic heterocycles. The van der Waals surface area contributed by atoms with Gasteiger partial charge in [-0.15, -0.1) is 0 Å². The van der Waals surface area contributed by atoms with E-state index in [1.54, 1.807) is 32.1 Å². The molecule has 0 nitrogen and oxygen atoms in total. The molecule has 4 saturated carbocycles. The number of rotatable bonds is 0. The Kier molecular flexibility index (Phi) is 3.30. The van der Waals surface area contributed by atoms with Gasteiger partial charge in [-0.1, -0.05) is 40.5 Å². The molecule has 0 N–H and O–H groups in total. The molecule has 0 heterocycles. The van der Waals surface area contributed by atoms with Crippen LogP contribution < -0.4 is 0 Å². The Bertz CT molecular complexity index is 412. The maximum absolute atomic E-state index is 2.71. The average molecular weight is 289 g/mol. The molecule has 0 radical (unpaired) electrons. The predicted octanol–water partition coefficient (Wildman–Crippen LogP) is 6.30. The summed E-state index contributed by atoms with van der Waals surface area (Å²) in [5.74, 6) is 6.24. The fraction of sp³-hybridized carbons (Fsp3) is 1.00. The van der Waals surface area contributed by atoms with Crippen LogP contribution in [0.1, 0.15) is 85.5 Å². The molecule has 0 aromatic heterocycles. The Labute approximate surface area is 132 Å². The van der Waals surface area contributed by atoms with Crippen LogP contribution in [0.2, 0.25) is 0 Å². The highest BCUT2D eigenvalue weighted by atomic mass is 14.6. The van der Waals surface area contributed by atoms with Crippen molar-refractivity contribution in [2.24, 2.45) is 46.3 Å². The Morgan fingerprint density at radius 1 is 0.714 bits per heavy atom. The molecule has 4 aliphatic carbocycles. The van der Waals surface area contributed by atoms with Crippen LogP contribution in [0, 0.1) is 46.3 Å². The lowest BCUT2D eigenvalue weighted by Gasteiger charge is -2.62. The quantitative estimate of drug-likeness (QED) is 0.490. The Hall–Kier alpha value is 0. The third-order valence-corrected chi connectivity index (χ3v) is 9.42. The number of hydrogen-bond acceptors (Lipinski definition) is 0. The largest absolute Gasteiger partial charge is 0.0622 e. The van der Waals surface area contributed by atoms with E-state index >= 15 is 0 Å². The van der Waals surface area contributed by atoms with Crippen LogP contribution in [0.5, 0.6) is 0 Å². The summed E-state index contributed by atoms with van der Waals surface area (Å²) in [6, 6.07) is 0. The van der Waals surface area contributed by atoms with E-state index in [1.807, 2.05) is 0 Å². The fourth-order valence-corrected chi connectivity index (χ4v) is 8.07. The van der Waals surface area contributed by atoms with E-state index in [1.165, 1.54) is 25.7 Å². The van der Waals surface area contributed by atoms with Crippen LogP contribution in [-0.4, -0.2) is 0 Å². The molecule has 0 heteroatoms. The van der Waals surface area contributed by atoms with Gasteiger partial charge >= 0.3 is 0 Å². The third kappa shape index (κ3) is 1.86. The zero-order valence-electron chi connectivity index (χ0n) is 14.8. The first kappa shape index (κ1) is 14.6. The minimum Gasteiger partial charge on any atom is -0.0622 e. The van der Waals surface area contributed by atoms with Crippen LogP contribution in [0.3, 0.4) is 0 Å². The third-order valence-electron chi connectivity index (χ3n) is 9.42. The predicted molar refractivity (Wildman–Crippen MR) is 90.1 cm³/mol. The van der Waals surface area contributed by atoms with Crippen molar-refractivity contribution in [2.45, 2.75) is 85.5 Å². The number of hydrogen-bond donors (Lipinski definition) is 0. The van der Waals surface area contributed by atoms with Crippen molar-refractivity contribution < 1.29 is 0 Å². The summed E-state index contributed by atoms with van der Waals surface area (Å²) in [4.78, 5) is 0. The molecular weight excluding hydrogens is 252 g/mol. The van der Waals surface area contributed by atoms with Crippen molar-refractivity contribution in [1.29, 1.82) is 0 Å². The van der Waals surface area contributed by atoms with Gasteiger partial charge in [-0.05, 0) is 91.3 Å². The molecule has 0 spiro atoms. The second kappa shape index (κ2) is 4.75. The van der Waals surface area contributed by atoms with E-state index in [4.69, 9.17) is 0 Å². The first-order valence-corrected chi connectivity index (χ1v) is 9.97. The molecule has 0 amide bonds. The molecule has 21 heavy (non-hydrogen) atoms. The normalized spacial score (nSPS) is 60.0. The lowest BCUT2D eigenvalue weighted by molar-refractivity contribution is -0.130. The van der Waals surface area contributed by atoms with Gasteiger partial charge in [-0.2, -0.15) is 0 Å². The zero-order chi connectivity index (χ0) is 14.8. The van der Waals surface area contributed by atoms with E-state index in [0.717, 1.165) is 35.5 Å². The first-order valence-electron chi connectivity index (χ1n) is 9.97. The summed E-state index contributed by atoms with van der Waals surface area (Å²) < 4.78 is 0. The number of fused-ring (bicyclic) bond motifs is 5. The summed E-state index contributed by atoms with van der Waals surface area (Å²) in [5.41, 5.74) is 1.40. The maximum Gasteiger partial charge on any atom is -0.0264 e. The molecular formula is C21H36. The Morgan fingerprint density at radius 3 is 2.29 bits per heavy atom. The molecule has 0 saturated heterocycles. The first-order chi connectivity index (χ1) is 9.97. The smallest absolute Gasteiger partial charge is 0.0264 e. The summed E-state index contributed by atoms with van der Waals surface area (Å²) >= 11 is 0. The van der Waals surface area contributed by atoms with Crippen LogP contribution >= 0.6 is 0 Å².